The molecule has 2 rings (SSSR count). The van der Waals surface area contributed by atoms with Gasteiger partial charge < -0.3 is 14.9 Å². The van der Waals surface area contributed by atoms with Crippen molar-refractivity contribution in [1.29, 1.82) is 0 Å². The Labute approximate surface area is 121 Å². The summed E-state index contributed by atoms with van der Waals surface area (Å²) in [6, 6.07) is 10.5. The van der Waals surface area contributed by atoms with Crippen LogP contribution in [0.15, 0.2) is 42.5 Å². The third kappa shape index (κ3) is 3.79. The highest BCUT2D eigenvalue weighted by atomic mass is 19.1. The summed E-state index contributed by atoms with van der Waals surface area (Å²) in [5.74, 6) is -1.17. The molecule has 2 aromatic rings. The van der Waals surface area contributed by atoms with Gasteiger partial charge in [0.05, 0.1) is 11.7 Å². The number of aliphatic hydroxyl groups is 1. The Hall–Kier alpha value is -2.40. The molecule has 0 saturated heterocycles. The van der Waals surface area contributed by atoms with Gasteiger partial charge in [0.1, 0.15) is 18.2 Å². The largest absolute Gasteiger partial charge is 0.489 e. The Morgan fingerprint density at radius 2 is 1.90 bits per heavy atom. The molecule has 5 heteroatoms. The molecule has 0 fully saturated rings. The molecule has 0 radical (unpaired) electrons. The second-order valence-electron chi connectivity index (χ2n) is 4.65. The van der Waals surface area contributed by atoms with E-state index < -0.39 is 17.9 Å². The molecule has 0 aliphatic carbocycles. The van der Waals surface area contributed by atoms with E-state index in [2.05, 4.69) is 0 Å². The highest BCUT2D eigenvalue weighted by Crippen LogP contribution is 2.22. The molecule has 0 heterocycles. The van der Waals surface area contributed by atoms with Crippen molar-refractivity contribution < 1.29 is 24.1 Å². The number of aromatic carboxylic acids is 1. The van der Waals surface area contributed by atoms with Crippen LogP contribution >= 0.6 is 0 Å². The SMILES string of the molecule is C[C@@H](O)c1ccc(OCc2ccc(C(=O)O)cc2)cc1F. The normalized spacial score (nSPS) is 12.0. The molecule has 0 aliphatic heterocycles. The van der Waals surface area contributed by atoms with Crippen molar-refractivity contribution in [3.05, 3.63) is 65.0 Å². The number of ether oxygens (including phenoxy) is 1. The summed E-state index contributed by atoms with van der Waals surface area (Å²) < 4.78 is 19.1. The van der Waals surface area contributed by atoms with Crippen LogP contribution in [0.25, 0.3) is 0 Å². The van der Waals surface area contributed by atoms with E-state index in [0.717, 1.165) is 5.56 Å². The molecule has 0 unspecified atom stereocenters. The van der Waals surface area contributed by atoms with E-state index in [0.29, 0.717) is 5.75 Å². The van der Waals surface area contributed by atoms with Gasteiger partial charge in [-0.25, -0.2) is 9.18 Å². The molecule has 0 aliphatic rings. The zero-order chi connectivity index (χ0) is 15.4. The first-order valence-corrected chi connectivity index (χ1v) is 6.40. The van der Waals surface area contributed by atoms with Gasteiger partial charge >= 0.3 is 5.97 Å². The van der Waals surface area contributed by atoms with Gasteiger partial charge in [-0.3, -0.25) is 0 Å². The minimum absolute atomic E-state index is 0.200. The minimum atomic E-state index is -0.988. The number of benzene rings is 2. The summed E-state index contributed by atoms with van der Waals surface area (Å²) in [7, 11) is 0. The molecular weight excluding hydrogens is 275 g/mol. The van der Waals surface area contributed by atoms with Gasteiger partial charge in [-0.2, -0.15) is 0 Å². The number of halogens is 1. The molecule has 4 nitrogen and oxygen atoms in total. The molecule has 0 saturated carbocycles. The van der Waals surface area contributed by atoms with Crippen LogP contribution in [0.2, 0.25) is 0 Å². The summed E-state index contributed by atoms with van der Waals surface area (Å²) in [5.41, 5.74) is 1.19. The van der Waals surface area contributed by atoms with Crippen molar-refractivity contribution in [3.8, 4) is 5.75 Å². The number of hydrogen-bond donors (Lipinski definition) is 2. The van der Waals surface area contributed by atoms with Crippen molar-refractivity contribution in [3.63, 3.8) is 0 Å². The summed E-state index contributed by atoms with van der Waals surface area (Å²) >= 11 is 0. The molecule has 2 N–H and O–H groups in total. The lowest BCUT2D eigenvalue weighted by atomic mass is 10.1. The van der Waals surface area contributed by atoms with Gasteiger partial charge in [0.25, 0.3) is 0 Å². The Balaban J connectivity index is 2.02. The molecule has 0 bridgehead atoms. The third-order valence-electron chi connectivity index (χ3n) is 3.03. The van der Waals surface area contributed by atoms with Crippen LogP contribution in [-0.4, -0.2) is 16.2 Å². The summed E-state index contributed by atoms with van der Waals surface area (Å²) in [4.78, 5) is 10.7. The maximum Gasteiger partial charge on any atom is 0.335 e. The molecule has 0 amide bonds. The van der Waals surface area contributed by atoms with Crippen molar-refractivity contribution in [1.82, 2.24) is 0 Å². The fourth-order valence-electron chi connectivity index (χ4n) is 1.85. The van der Waals surface area contributed by atoms with Gasteiger partial charge in [0, 0.05) is 11.6 Å². The van der Waals surface area contributed by atoms with Gasteiger partial charge in [0.2, 0.25) is 0 Å². The predicted octanol–water partition coefficient (Wildman–Crippen LogP) is 3.16. The number of hydrogen-bond acceptors (Lipinski definition) is 3. The summed E-state index contributed by atoms with van der Waals surface area (Å²) in [6.07, 6.45) is -0.873. The number of carbonyl (C=O) groups is 1. The second-order valence-corrected chi connectivity index (χ2v) is 4.65. The van der Waals surface area contributed by atoms with Crippen LogP contribution in [0.5, 0.6) is 5.75 Å². The van der Waals surface area contributed by atoms with Crippen molar-refractivity contribution in [2.24, 2.45) is 0 Å². The predicted molar refractivity (Wildman–Crippen MR) is 74.8 cm³/mol. The topological polar surface area (TPSA) is 66.8 Å². The number of aliphatic hydroxyl groups excluding tert-OH is 1. The molecule has 110 valence electrons. The minimum Gasteiger partial charge on any atom is -0.489 e. The van der Waals surface area contributed by atoms with E-state index in [1.807, 2.05) is 0 Å². The molecule has 0 spiro atoms. The fourth-order valence-corrected chi connectivity index (χ4v) is 1.85. The smallest absolute Gasteiger partial charge is 0.335 e. The van der Waals surface area contributed by atoms with Crippen LogP contribution in [0.4, 0.5) is 4.39 Å². The number of carboxylic acids is 1. The third-order valence-corrected chi connectivity index (χ3v) is 3.03. The Morgan fingerprint density at radius 1 is 1.24 bits per heavy atom. The lowest BCUT2D eigenvalue weighted by Gasteiger charge is -2.10. The molecule has 21 heavy (non-hydrogen) atoms. The zero-order valence-corrected chi connectivity index (χ0v) is 11.4. The van der Waals surface area contributed by atoms with Gasteiger partial charge in [-0.1, -0.05) is 12.1 Å². The first kappa shape index (κ1) is 15.0. The molecular formula is C16H15FO4. The Kier molecular flexibility index (Phi) is 4.55. The molecule has 0 aromatic heterocycles. The van der Waals surface area contributed by atoms with Crippen LogP contribution < -0.4 is 4.74 Å². The standard InChI is InChI=1S/C16H15FO4/c1-10(18)14-7-6-13(8-15(14)17)21-9-11-2-4-12(5-3-11)16(19)20/h2-8,10,18H,9H2,1H3,(H,19,20)/t10-/m1/s1. The van der Waals surface area contributed by atoms with E-state index in [1.54, 1.807) is 18.2 Å². The van der Waals surface area contributed by atoms with Gasteiger partial charge in [0.15, 0.2) is 0 Å². The quantitative estimate of drug-likeness (QED) is 0.887. The van der Waals surface area contributed by atoms with Crippen LogP contribution in [0, 0.1) is 5.82 Å². The van der Waals surface area contributed by atoms with E-state index in [4.69, 9.17) is 9.84 Å². The Bertz CT molecular complexity index is 635. The van der Waals surface area contributed by atoms with E-state index in [9.17, 15) is 14.3 Å². The second kappa shape index (κ2) is 6.37. The fraction of sp³-hybridized carbons (Fsp3) is 0.188. The van der Waals surface area contributed by atoms with Crippen LogP contribution in [-0.2, 0) is 6.61 Å². The first-order valence-electron chi connectivity index (χ1n) is 6.40. The maximum atomic E-state index is 13.7. The Morgan fingerprint density at radius 3 is 2.43 bits per heavy atom. The van der Waals surface area contributed by atoms with Crippen molar-refractivity contribution >= 4 is 5.97 Å². The lowest BCUT2D eigenvalue weighted by molar-refractivity contribution is 0.0697. The van der Waals surface area contributed by atoms with E-state index in [-0.39, 0.29) is 17.7 Å². The molecule has 1 atom stereocenters. The van der Waals surface area contributed by atoms with E-state index in [1.165, 1.54) is 31.2 Å². The number of carboxylic acid groups (broad SMARTS) is 1. The zero-order valence-electron chi connectivity index (χ0n) is 11.4. The van der Waals surface area contributed by atoms with Crippen LogP contribution in [0.3, 0.4) is 0 Å². The van der Waals surface area contributed by atoms with E-state index >= 15 is 0 Å². The van der Waals surface area contributed by atoms with Crippen molar-refractivity contribution in [2.75, 3.05) is 0 Å². The molecule has 2 aromatic carbocycles. The van der Waals surface area contributed by atoms with Gasteiger partial charge in [-0.15, -0.1) is 0 Å². The lowest BCUT2D eigenvalue weighted by Crippen LogP contribution is -2.00. The maximum absolute atomic E-state index is 13.7. The van der Waals surface area contributed by atoms with Gasteiger partial charge in [-0.05, 0) is 36.8 Å². The summed E-state index contributed by atoms with van der Waals surface area (Å²) in [6.45, 7) is 1.69. The first-order chi connectivity index (χ1) is 9.97. The highest BCUT2D eigenvalue weighted by molar-refractivity contribution is 5.87. The van der Waals surface area contributed by atoms with Crippen molar-refractivity contribution in [2.45, 2.75) is 19.6 Å². The van der Waals surface area contributed by atoms with Crippen LogP contribution in [0.1, 0.15) is 34.5 Å². The number of rotatable bonds is 5. The monoisotopic (exact) mass is 290 g/mol. The average Bonchev–Trinajstić information content (AvgIpc) is 2.45. The highest BCUT2D eigenvalue weighted by Gasteiger charge is 2.09. The summed E-state index contributed by atoms with van der Waals surface area (Å²) in [5, 5.41) is 18.1. The average molecular weight is 290 g/mol.